The average Bonchev–Trinajstić information content (AvgIpc) is 3.99. The van der Waals surface area contributed by atoms with Gasteiger partial charge in [0.05, 0.1) is 12.2 Å². The van der Waals surface area contributed by atoms with Crippen LogP contribution in [0.5, 0.6) is 5.75 Å². The minimum Gasteiger partial charge on any atom is -0.409 e. The first kappa shape index (κ1) is 43.3. The molecule has 1 fully saturated rings. The average molecular weight is 867 g/mol. The van der Waals surface area contributed by atoms with Crippen molar-refractivity contribution >= 4 is 80.3 Å². The topological polar surface area (TPSA) is 194 Å². The number of nitrogens with one attached hydrogen (secondary N) is 4. The van der Waals surface area contributed by atoms with Crippen LogP contribution in [0.15, 0.2) is 91.0 Å². The predicted molar refractivity (Wildman–Crippen MR) is 242 cm³/mol. The van der Waals surface area contributed by atoms with Crippen LogP contribution < -0.4 is 25.6 Å². The number of H-pyrrole nitrogens is 1. The van der Waals surface area contributed by atoms with Gasteiger partial charge in [0.25, 0.3) is 23.6 Å². The molecule has 0 bridgehead atoms. The number of ether oxygens (including phenoxy) is 1. The molecule has 16 heteroatoms. The van der Waals surface area contributed by atoms with E-state index >= 15 is 0 Å². The minimum atomic E-state index is -1.01. The van der Waals surface area contributed by atoms with Crippen LogP contribution in [-0.4, -0.2) is 113 Å². The molecule has 0 spiro atoms. The van der Waals surface area contributed by atoms with Crippen molar-refractivity contribution in [2.24, 2.45) is 5.41 Å². The van der Waals surface area contributed by atoms with E-state index in [-0.39, 0.29) is 24.8 Å². The standard InChI is InChI=1S/C48H50N8O8/c1-47(2,28-48(3,4)56-41(58)16-17-42(56)59)45(62)49-27-40(57)50-31-12-10-29(11-13-31)43(60)51-32-14-15-36-30(24-32)25-37(52-36)44(61)55-19-18-34-33-8-6-7-9-35(33)39(26-38(34)55)64-46(63)54-22-20-53(5)21-23-54/h6-17,24-26,52H,18-23,27-28H2,1-5H3,(H,49,62)(H,50,57)(H,51,60). The molecule has 1 saturated heterocycles. The molecule has 4 heterocycles. The van der Waals surface area contributed by atoms with Gasteiger partial charge in [0.1, 0.15) is 11.4 Å². The summed E-state index contributed by atoms with van der Waals surface area (Å²) in [6, 6.07) is 22.9. The van der Waals surface area contributed by atoms with E-state index in [1.807, 2.05) is 31.3 Å². The van der Waals surface area contributed by atoms with Crippen molar-refractivity contribution in [3.05, 3.63) is 108 Å². The Kier molecular flexibility index (Phi) is 11.6. The number of piperazine rings is 1. The fourth-order valence-electron chi connectivity index (χ4n) is 8.90. The fourth-order valence-corrected chi connectivity index (χ4v) is 8.90. The Morgan fingerprint density at radius 1 is 0.766 bits per heavy atom. The quantitative estimate of drug-likeness (QED) is 0.121. The van der Waals surface area contributed by atoms with E-state index in [2.05, 4.69) is 25.8 Å². The van der Waals surface area contributed by atoms with E-state index in [4.69, 9.17) is 4.74 Å². The third-order valence-corrected chi connectivity index (χ3v) is 12.0. The van der Waals surface area contributed by atoms with Crippen molar-refractivity contribution in [1.29, 1.82) is 0 Å². The first-order valence-corrected chi connectivity index (χ1v) is 21.2. The molecule has 0 radical (unpaired) electrons. The highest BCUT2D eigenvalue weighted by molar-refractivity contribution is 6.14. The van der Waals surface area contributed by atoms with Crippen LogP contribution >= 0.6 is 0 Å². The number of fused-ring (bicyclic) bond motifs is 4. The van der Waals surface area contributed by atoms with Crippen LogP contribution in [0.1, 0.15) is 60.5 Å². The summed E-state index contributed by atoms with van der Waals surface area (Å²) in [6.07, 6.45) is 2.81. The molecule has 8 rings (SSSR count). The molecular formula is C48H50N8O8. The molecular weight excluding hydrogens is 817 g/mol. The van der Waals surface area contributed by atoms with Crippen molar-refractivity contribution in [3.8, 4) is 5.75 Å². The lowest BCUT2D eigenvalue weighted by Crippen LogP contribution is -2.52. The van der Waals surface area contributed by atoms with Crippen molar-refractivity contribution in [3.63, 3.8) is 0 Å². The molecule has 330 valence electrons. The molecule has 7 amide bonds. The molecule has 0 saturated carbocycles. The van der Waals surface area contributed by atoms with Crippen LogP contribution in [-0.2, 0) is 25.6 Å². The number of nitrogens with zero attached hydrogens (tertiary/aromatic N) is 4. The SMILES string of the molecule is CN1CCN(C(=O)Oc2cc3c(c4ccccc24)CCN3C(=O)c2cc3cc(NC(=O)c4ccc(NC(=O)CNC(=O)C(C)(C)CC(C)(C)N5C(=O)C=CC5=O)cc4)ccc3[nH]2)CC1. The number of benzene rings is 4. The third kappa shape index (κ3) is 8.81. The summed E-state index contributed by atoms with van der Waals surface area (Å²) in [4.78, 5) is 101. The lowest BCUT2D eigenvalue weighted by atomic mass is 9.78. The van der Waals surface area contributed by atoms with Crippen LogP contribution in [0.3, 0.4) is 0 Å². The van der Waals surface area contributed by atoms with Crippen LogP contribution in [0.2, 0.25) is 0 Å². The molecule has 0 atom stereocenters. The largest absolute Gasteiger partial charge is 0.415 e. The molecule has 3 aliphatic rings. The van der Waals surface area contributed by atoms with E-state index in [1.165, 1.54) is 12.2 Å². The molecule has 16 nitrogen and oxygen atoms in total. The summed E-state index contributed by atoms with van der Waals surface area (Å²) >= 11 is 0. The maximum absolute atomic E-state index is 14.1. The summed E-state index contributed by atoms with van der Waals surface area (Å²) in [7, 11) is 2.02. The summed E-state index contributed by atoms with van der Waals surface area (Å²) in [6.45, 7) is 9.61. The summed E-state index contributed by atoms with van der Waals surface area (Å²) in [5.74, 6) is -1.99. The second-order valence-corrected chi connectivity index (χ2v) is 17.7. The van der Waals surface area contributed by atoms with E-state index < -0.39 is 40.7 Å². The lowest BCUT2D eigenvalue weighted by molar-refractivity contribution is -0.146. The maximum atomic E-state index is 14.1. The molecule has 5 aromatic rings. The van der Waals surface area contributed by atoms with Gasteiger partial charge in [0.2, 0.25) is 11.8 Å². The van der Waals surface area contributed by atoms with Gasteiger partial charge < -0.3 is 40.4 Å². The normalized spacial score (nSPS) is 15.5. The van der Waals surface area contributed by atoms with Crippen molar-refractivity contribution < 1.29 is 38.3 Å². The van der Waals surface area contributed by atoms with Gasteiger partial charge in [-0.2, -0.15) is 0 Å². The van der Waals surface area contributed by atoms with Gasteiger partial charge in [-0.1, -0.05) is 38.1 Å². The van der Waals surface area contributed by atoms with Gasteiger partial charge in [-0.05, 0) is 93.2 Å². The zero-order chi connectivity index (χ0) is 45.5. The fraction of sp³-hybridized carbons (Fsp3) is 0.312. The number of amides is 7. The summed E-state index contributed by atoms with van der Waals surface area (Å²) in [5.41, 5.74) is 2.08. The van der Waals surface area contributed by atoms with E-state index in [0.29, 0.717) is 71.0 Å². The Morgan fingerprint density at radius 3 is 2.14 bits per heavy atom. The highest BCUT2D eigenvalue weighted by Gasteiger charge is 2.43. The minimum absolute atomic E-state index is 0.169. The van der Waals surface area contributed by atoms with E-state index in [1.54, 1.807) is 92.1 Å². The first-order valence-electron chi connectivity index (χ1n) is 21.2. The maximum Gasteiger partial charge on any atom is 0.415 e. The molecule has 1 aromatic heterocycles. The summed E-state index contributed by atoms with van der Waals surface area (Å²) < 4.78 is 6.00. The number of carbonyl (C=O) groups is 7. The Morgan fingerprint density at radius 2 is 1.44 bits per heavy atom. The number of rotatable bonds is 11. The van der Waals surface area contributed by atoms with Gasteiger partial charge in [-0.25, -0.2) is 4.79 Å². The number of carbonyl (C=O) groups excluding carboxylic acids is 7. The third-order valence-electron chi connectivity index (χ3n) is 12.0. The monoisotopic (exact) mass is 866 g/mol. The molecule has 4 aromatic carbocycles. The molecule has 4 N–H and O–H groups in total. The Hall–Kier alpha value is -7.33. The Balaban J connectivity index is 0.874. The lowest BCUT2D eigenvalue weighted by Gasteiger charge is -2.39. The number of aromatic amines is 1. The highest BCUT2D eigenvalue weighted by atomic mass is 16.6. The predicted octanol–water partition coefficient (Wildman–Crippen LogP) is 5.70. The smallest absolute Gasteiger partial charge is 0.409 e. The molecule has 0 unspecified atom stereocenters. The molecule has 3 aliphatic heterocycles. The van der Waals surface area contributed by atoms with Crippen molar-refractivity contribution in [2.75, 3.05) is 61.8 Å². The summed E-state index contributed by atoms with van der Waals surface area (Å²) in [5, 5.41) is 10.7. The number of likely N-dealkylation sites (N-methyl/N-ethyl adjacent to an activating group) is 1. The van der Waals surface area contributed by atoms with E-state index in [9.17, 15) is 33.6 Å². The number of hydrogen-bond donors (Lipinski definition) is 4. The molecule has 64 heavy (non-hydrogen) atoms. The van der Waals surface area contributed by atoms with Gasteiger partial charge in [-0.3, -0.25) is 33.7 Å². The van der Waals surface area contributed by atoms with Crippen LogP contribution in [0.25, 0.3) is 21.7 Å². The van der Waals surface area contributed by atoms with Crippen molar-refractivity contribution in [1.82, 2.24) is 25.0 Å². The highest BCUT2D eigenvalue weighted by Crippen LogP contribution is 2.41. The first-order chi connectivity index (χ1) is 30.5. The number of anilines is 3. The van der Waals surface area contributed by atoms with Gasteiger partial charge in [0, 0.05) is 95.1 Å². The molecule has 0 aliphatic carbocycles. The number of imide groups is 1. The Bertz CT molecular complexity index is 2750. The van der Waals surface area contributed by atoms with Gasteiger partial charge >= 0.3 is 6.09 Å². The van der Waals surface area contributed by atoms with Crippen molar-refractivity contribution in [2.45, 2.75) is 46.1 Å². The van der Waals surface area contributed by atoms with E-state index in [0.717, 1.165) is 34.3 Å². The number of aromatic nitrogens is 1. The number of hydrogen-bond acceptors (Lipinski definition) is 9. The second-order valence-electron chi connectivity index (χ2n) is 17.7. The van der Waals surface area contributed by atoms with Gasteiger partial charge in [0.15, 0.2) is 0 Å². The van der Waals surface area contributed by atoms with Crippen LogP contribution in [0.4, 0.5) is 21.9 Å². The Labute approximate surface area is 369 Å². The van der Waals surface area contributed by atoms with Crippen LogP contribution in [0, 0.1) is 5.41 Å². The second kappa shape index (κ2) is 17.1. The van der Waals surface area contributed by atoms with Gasteiger partial charge in [-0.15, -0.1) is 0 Å². The zero-order valence-corrected chi connectivity index (χ0v) is 36.4. The zero-order valence-electron chi connectivity index (χ0n) is 36.4.